The third-order valence-electron chi connectivity index (χ3n) is 6.95. The Hall–Kier alpha value is -1.20. The summed E-state index contributed by atoms with van der Waals surface area (Å²) in [5.74, 6) is -0.480. The van der Waals surface area contributed by atoms with Gasteiger partial charge >= 0.3 is 5.97 Å². The first-order chi connectivity index (χ1) is 12.4. The predicted molar refractivity (Wildman–Crippen MR) is 97.3 cm³/mol. The van der Waals surface area contributed by atoms with Gasteiger partial charge in [0.05, 0.1) is 12.7 Å². The van der Waals surface area contributed by atoms with Crippen LogP contribution >= 0.6 is 0 Å². The van der Waals surface area contributed by atoms with Gasteiger partial charge in [0, 0.05) is 12.5 Å². The molecule has 2 fully saturated rings. The molecule has 146 valence electrons. The first kappa shape index (κ1) is 19.6. The maximum atomic E-state index is 12.7. The second-order valence-corrected chi connectivity index (χ2v) is 8.72. The second-order valence-electron chi connectivity index (χ2n) is 8.72. The SMILES string of the molecule is CCOC(=O)C1C(=O)C=C[C@]12CCC1C(CCCC1(C)C)[C@@H]2OCOC. The lowest BCUT2D eigenvalue weighted by Gasteiger charge is -2.56. The van der Waals surface area contributed by atoms with E-state index in [1.807, 2.05) is 6.08 Å². The van der Waals surface area contributed by atoms with Crippen LogP contribution in [-0.4, -0.2) is 38.4 Å². The van der Waals surface area contributed by atoms with Gasteiger partial charge in [0.25, 0.3) is 0 Å². The highest BCUT2D eigenvalue weighted by Gasteiger charge is 2.61. The van der Waals surface area contributed by atoms with E-state index in [1.165, 1.54) is 6.42 Å². The molecule has 0 N–H and O–H groups in total. The molecular weight excluding hydrogens is 332 g/mol. The van der Waals surface area contributed by atoms with Gasteiger partial charge in [-0.2, -0.15) is 0 Å². The summed E-state index contributed by atoms with van der Waals surface area (Å²) in [6.07, 6.45) is 8.54. The van der Waals surface area contributed by atoms with Gasteiger partial charge in [-0.3, -0.25) is 9.59 Å². The van der Waals surface area contributed by atoms with Gasteiger partial charge in [-0.05, 0) is 55.9 Å². The number of carbonyl (C=O) groups excluding carboxylic acids is 2. The number of allylic oxidation sites excluding steroid dienone is 1. The summed E-state index contributed by atoms with van der Waals surface area (Å²) in [6, 6.07) is 0. The maximum Gasteiger partial charge on any atom is 0.317 e. The maximum absolute atomic E-state index is 12.7. The van der Waals surface area contributed by atoms with Crippen molar-refractivity contribution in [1.82, 2.24) is 0 Å². The monoisotopic (exact) mass is 364 g/mol. The molecule has 3 aliphatic carbocycles. The fourth-order valence-corrected chi connectivity index (χ4v) is 5.84. The van der Waals surface area contributed by atoms with Gasteiger partial charge in [-0.25, -0.2) is 0 Å². The molecule has 1 spiro atoms. The zero-order valence-corrected chi connectivity index (χ0v) is 16.5. The Morgan fingerprint density at radius 3 is 2.73 bits per heavy atom. The van der Waals surface area contributed by atoms with E-state index in [0.29, 0.717) is 11.8 Å². The van der Waals surface area contributed by atoms with Gasteiger partial charge in [0.15, 0.2) is 5.78 Å². The molecule has 0 aromatic carbocycles. The van der Waals surface area contributed by atoms with Crippen molar-refractivity contribution >= 4 is 11.8 Å². The minimum Gasteiger partial charge on any atom is -0.465 e. The first-order valence-electron chi connectivity index (χ1n) is 9.87. The lowest BCUT2D eigenvalue weighted by atomic mass is 9.51. The molecule has 3 rings (SSSR count). The van der Waals surface area contributed by atoms with E-state index in [2.05, 4.69) is 13.8 Å². The quantitative estimate of drug-likeness (QED) is 0.424. The third-order valence-corrected chi connectivity index (χ3v) is 6.95. The van der Waals surface area contributed by atoms with Crippen molar-refractivity contribution in [2.24, 2.45) is 28.6 Å². The lowest BCUT2D eigenvalue weighted by molar-refractivity contribution is -0.194. The Labute approximate surface area is 156 Å². The van der Waals surface area contributed by atoms with Crippen LogP contribution in [0.1, 0.15) is 52.9 Å². The van der Waals surface area contributed by atoms with Crippen LogP contribution in [0.2, 0.25) is 0 Å². The molecule has 2 saturated carbocycles. The van der Waals surface area contributed by atoms with Crippen molar-refractivity contribution in [1.29, 1.82) is 0 Å². The molecule has 3 aliphatic rings. The molecule has 5 nitrogen and oxygen atoms in total. The van der Waals surface area contributed by atoms with Crippen LogP contribution in [0.25, 0.3) is 0 Å². The van der Waals surface area contributed by atoms with Gasteiger partial charge in [0.1, 0.15) is 12.7 Å². The molecule has 26 heavy (non-hydrogen) atoms. The summed E-state index contributed by atoms with van der Waals surface area (Å²) >= 11 is 0. The smallest absolute Gasteiger partial charge is 0.317 e. The van der Waals surface area contributed by atoms with E-state index in [0.717, 1.165) is 25.7 Å². The molecule has 5 atom stereocenters. The number of ketones is 1. The highest BCUT2D eigenvalue weighted by molar-refractivity contribution is 6.08. The summed E-state index contributed by atoms with van der Waals surface area (Å²) in [6.45, 7) is 6.91. The lowest BCUT2D eigenvalue weighted by Crippen LogP contribution is -2.57. The molecule has 0 saturated heterocycles. The molecule has 0 aromatic rings. The molecule has 5 heteroatoms. The highest BCUT2D eigenvalue weighted by Crippen LogP contribution is 2.59. The van der Waals surface area contributed by atoms with Crippen LogP contribution in [0.3, 0.4) is 0 Å². The molecule has 0 heterocycles. The zero-order valence-electron chi connectivity index (χ0n) is 16.5. The summed E-state index contributed by atoms with van der Waals surface area (Å²) in [4.78, 5) is 25.3. The van der Waals surface area contributed by atoms with E-state index in [1.54, 1.807) is 20.1 Å². The van der Waals surface area contributed by atoms with Crippen LogP contribution < -0.4 is 0 Å². The van der Waals surface area contributed by atoms with E-state index in [4.69, 9.17) is 14.2 Å². The topological polar surface area (TPSA) is 61.8 Å². The first-order valence-corrected chi connectivity index (χ1v) is 9.87. The van der Waals surface area contributed by atoms with Crippen LogP contribution in [0, 0.1) is 28.6 Å². The molecule has 0 amide bonds. The van der Waals surface area contributed by atoms with E-state index in [9.17, 15) is 9.59 Å². The Balaban J connectivity index is 1.98. The number of hydrogen-bond donors (Lipinski definition) is 0. The Bertz CT molecular complexity index is 581. The number of methoxy groups -OCH3 is 1. The average Bonchev–Trinajstić information content (AvgIpc) is 2.91. The van der Waals surface area contributed by atoms with Gasteiger partial charge in [0.2, 0.25) is 0 Å². The summed E-state index contributed by atoms with van der Waals surface area (Å²) in [5, 5.41) is 0. The molecule has 3 unspecified atom stereocenters. The molecule has 0 aromatic heterocycles. The number of fused-ring (bicyclic) bond motifs is 1. The predicted octanol–water partition coefficient (Wildman–Crippen LogP) is 3.52. The Kier molecular flexibility index (Phi) is 5.59. The van der Waals surface area contributed by atoms with Crippen molar-refractivity contribution in [3.63, 3.8) is 0 Å². The summed E-state index contributed by atoms with van der Waals surface area (Å²) < 4.78 is 16.7. The third kappa shape index (κ3) is 3.13. The van der Waals surface area contributed by atoms with Crippen molar-refractivity contribution in [2.75, 3.05) is 20.5 Å². The van der Waals surface area contributed by atoms with Crippen LogP contribution in [0.15, 0.2) is 12.2 Å². The minimum atomic E-state index is -0.782. The van der Waals surface area contributed by atoms with Gasteiger partial charge in [-0.1, -0.05) is 26.3 Å². The average molecular weight is 364 g/mol. The molecular formula is C21H32O5. The van der Waals surface area contributed by atoms with Gasteiger partial charge < -0.3 is 14.2 Å². The number of ether oxygens (including phenoxy) is 3. The van der Waals surface area contributed by atoms with Crippen molar-refractivity contribution in [3.8, 4) is 0 Å². The van der Waals surface area contributed by atoms with Crippen LogP contribution in [0.4, 0.5) is 0 Å². The van der Waals surface area contributed by atoms with Crippen molar-refractivity contribution in [3.05, 3.63) is 12.2 Å². The summed E-state index contributed by atoms with van der Waals surface area (Å²) in [7, 11) is 1.61. The largest absolute Gasteiger partial charge is 0.465 e. The Morgan fingerprint density at radius 2 is 2.04 bits per heavy atom. The normalized spacial score (nSPS) is 38.4. The standard InChI is InChI=1S/C21H32O5/c1-5-25-19(23)17-16(22)9-12-21(17)11-8-15-14(18(21)26-13-24-4)7-6-10-20(15,2)3/h9,12,14-15,17-18H,5-8,10-11,13H2,1-4H3/t14?,15?,17?,18-,21+/m0/s1. The second kappa shape index (κ2) is 7.43. The van der Waals surface area contributed by atoms with E-state index < -0.39 is 17.3 Å². The fraction of sp³-hybridized carbons (Fsp3) is 0.810. The fourth-order valence-electron chi connectivity index (χ4n) is 5.84. The van der Waals surface area contributed by atoms with Gasteiger partial charge in [-0.15, -0.1) is 0 Å². The van der Waals surface area contributed by atoms with Crippen molar-refractivity contribution < 1.29 is 23.8 Å². The number of hydrogen-bond acceptors (Lipinski definition) is 5. The van der Waals surface area contributed by atoms with Crippen molar-refractivity contribution in [2.45, 2.75) is 59.0 Å². The zero-order chi connectivity index (χ0) is 18.9. The number of rotatable bonds is 5. The molecule has 0 aliphatic heterocycles. The number of carbonyl (C=O) groups is 2. The minimum absolute atomic E-state index is 0.150. The van der Waals surface area contributed by atoms with Crippen LogP contribution in [0.5, 0.6) is 0 Å². The van der Waals surface area contributed by atoms with Crippen LogP contribution in [-0.2, 0) is 23.8 Å². The molecule has 0 radical (unpaired) electrons. The molecule has 0 bridgehead atoms. The summed E-state index contributed by atoms with van der Waals surface area (Å²) in [5.41, 5.74) is -0.346. The number of esters is 1. The Morgan fingerprint density at radius 1 is 1.27 bits per heavy atom. The van der Waals surface area contributed by atoms with E-state index >= 15 is 0 Å². The highest BCUT2D eigenvalue weighted by atomic mass is 16.7. The van der Waals surface area contributed by atoms with E-state index in [-0.39, 0.29) is 30.7 Å².